The Morgan fingerprint density at radius 3 is 2.40 bits per heavy atom. The number of hydrogen-bond acceptors (Lipinski definition) is 7. The molecule has 20 heavy (non-hydrogen) atoms. The zero-order valence-electron chi connectivity index (χ0n) is 11.7. The highest BCUT2D eigenvalue weighted by molar-refractivity contribution is 5.92. The number of esters is 1. The molecule has 0 unspecified atom stereocenters. The predicted molar refractivity (Wildman–Crippen MR) is 66.0 cm³/mol. The van der Waals surface area contributed by atoms with Crippen molar-refractivity contribution in [1.29, 1.82) is 0 Å². The van der Waals surface area contributed by atoms with Gasteiger partial charge in [-0.15, -0.1) is 5.10 Å². The molecule has 1 rings (SSSR count). The van der Waals surface area contributed by atoms with Crippen LogP contribution in [0.5, 0.6) is 0 Å². The molecular weight excluding hydrogens is 268 g/mol. The number of carbonyl (C=O) groups is 3. The number of aromatic nitrogens is 3. The monoisotopic (exact) mass is 284 g/mol. The Morgan fingerprint density at radius 1 is 1.25 bits per heavy atom. The minimum Gasteiger partial charge on any atom is -0.464 e. The molecule has 0 aromatic carbocycles. The summed E-state index contributed by atoms with van der Waals surface area (Å²) in [4.78, 5) is 34.1. The lowest BCUT2D eigenvalue weighted by Gasteiger charge is -2.09. The summed E-state index contributed by atoms with van der Waals surface area (Å²) in [5.74, 6) is -1.36. The van der Waals surface area contributed by atoms with E-state index < -0.39 is 18.0 Å². The minimum atomic E-state index is -0.866. The first-order valence-electron chi connectivity index (χ1n) is 5.80. The highest BCUT2D eigenvalue weighted by Crippen LogP contribution is 2.18. The molecule has 1 aromatic heterocycles. The molecule has 0 aliphatic carbocycles. The third-order valence-electron chi connectivity index (χ3n) is 2.42. The van der Waals surface area contributed by atoms with Gasteiger partial charge in [0.2, 0.25) is 0 Å². The van der Waals surface area contributed by atoms with Gasteiger partial charge in [0.25, 0.3) is 5.91 Å². The van der Waals surface area contributed by atoms with Crippen LogP contribution in [0.4, 0.5) is 4.79 Å². The number of rotatable bonds is 4. The van der Waals surface area contributed by atoms with Gasteiger partial charge >= 0.3 is 12.1 Å². The number of ether oxygens (including phenoxy) is 2. The Hall–Kier alpha value is -2.45. The Kier molecular flexibility index (Phi) is 5.18. The lowest BCUT2D eigenvalue weighted by atomic mass is 10.1. The third kappa shape index (κ3) is 3.53. The Labute approximate surface area is 115 Å². The van der Waals surface area contributed by atoms with Crippen LogP contribution in [-0.4, -0.2) is 47.2 Å². The van der Waals surface area contributed by atoms with E-state index in [1.807, 2.05) is 19.2 Å². The minimum absolute atomic E-state index is 0.0494. The van der Waals surface area contributed by atoms with E-state index >= 15 is 0 Å². The molecule has 9 heteroatoms. The van der Waals surface area contributed by atoms with Crippen LogP contribution in [0.2, 0.25) is 0 Å². The van der Waals surface area contributed by atoms with Crippen LogP contribution in [0.25, 0.3) is 0 Å². The van der Waals surface area contributed by atoms with Crippen molar-refractivity contribution in [3.05, 3.63) is 11.4 Å². The van der Waals surface area contributed by atoms with Crippen molar-refractivity contribution in [1.82, 2.24) is 20.3 Å². The van der Waals surface area contributed by atoms with E-state index in [9.17, 15) is 14.4 Å². The average molecular weight is 284 g/mol. The van der Waals surface area contributed by atoms with Crippen LogP contribution in [0.1, 0.15) is 35.9 Å². The molecule has 0 radical (unpaired) electrons. The number of methoxy groups -OCH3 is 2. The second-order valence-electron chi connectivity index (χ2n) is 4.17. The van der Waals surface area contributed by atoms with E-state index in [2.05, 4.69) is 19.8 Å². The van der Waals surface area contributed by atoms with Crippen LogP contribution in [0, 0.1) is 0 Å². The van der Waals surface area contributed by atoms with Crippen LogP contribution < -0.4 is 5.32 Å². The summed E-state index contributed by atoms with van der Waals surface area (Å²) in [7, 11) is 2.38. The standard InChI is InChI=1S/C11H16N4O5/c1-6(2)9-8(10(17)19-3)13-14-15(9)5-7(16)12-11(18)20-4/h6H,5H2,1-4H3,(H,12,16,18). The van der Waals surface area contributed by atoms with E-state index in [0.717, 1.165) is 7.11 Å². The molecule has 0 bridgehead atoms. The summed E-state index contributed by atoms with van der Waals surface area (Å²) in [5, 5.41) is 9.43. The lowest BCUT2D eigenvalue weighted by Crippen LogP contribution is -2.34. The maximum Gasteiger partial charge on any atom is 0.413 e. The van der Waals surface area contributed by atoms with E-state index in [0.29, 0.717) is 5.69 Å². The van der Waals surface area contributed by atoms with Crippen LogP contribution >= 0.6 is 0 Å². The molecule has 1 aromatic rings. The molecule has 0 aliphatic rings. The topological polar surface area (TPSA) is 112 Å². The summed E-state index contributed by atoms with van der Waals surface area (Å²) >= 11 is 0. The van der Waals surface area contributed by atoms with E-state index in [-0.39, 0.29) is 18.2 Å². The van der Waals surface area contributed by atoms with Crippen LogP contribution in [0.15, 0.2) is 0 Å². The summed E-state index contributed by atoms with van der Waals surface area (Å²) in [6.07, 6.45) is -0.866. The number of imide groups is 1. The quantitative estimate of drug-likeness (QED) is 0.778. The fourth-order valence-electron chi connectivity index (χ4n) is 1.59. The normalized spacial score (nSPS) is 10.2. The van der Waals surface area contributed by atoms with Gasteiger partial charge in [0.15, 0.2) is 5.69 Å². The highest BCUT2D eigenvalue weighted by atomic mass is 16.5. The number of hydrogen-bond donors (Lipinski definition) is 1. The van der Waals surface area contributed by atoms with Crippen molar-refractivity contribution < 1.29 is 23.9 Å². The van der Waals surface area contributed by atoms with Crippen molar-refractivity contribution in [3.63, 3.8) is 0 Å². The molecule has 0 atom stereocenters. The Morgan fingerprint density at radius 2 is 1.90 bits per heavy atom. The van der Waals surface area contributed by atoms with Gasteiger partial charge in [0, 0.05) is 0 Å². The second-order valence-corrected chi connectivity index (χ2v) is 4.17. The summed E-state index contributed by atoms with van der Waals surface area (Å²) in [6, 6.07) is 0. The SMILES string of the molecule is COC(=O)NC(=O)Cn1nnc(C(=O)OC)c1C(C)C. The zero-order valence-corrected chi connectivity index (χ0v) is 11.7. The molecule has 2 amide bonds. The largest absolute Gasteiger partial charge is 0.464 e. The third-order valence-corrected chi connectivity index (χ3v) is 2.42. The van der Waals surface area contributed by atoms with Crippen LogP contribution in [-0.2, 0) is 20.8 Å². The fourth-order valence-corrected chi connectivity index (χ4v) is 1.59. The van der Waals surface area contributed by atoms with Crippen molar-refractivity contribution in [2.24, 2.45) is 0 Å². The molecular formula is C11H16N4O5. The smallest absolute Gasteiger partial charge is 0.413 e. The molecule has 1 N–H and O–H groups in total. The average Bonchev–Trinajstić information content (AvgIpc) is 2.81. The van der Waals surface area contributed by atoms with Gasteiger partial charge in [-0.1, -0.05) is 19.1 Å². The van der Waals surface area contributed by atoms with Gasteiger partial charge < -0.3 is 9.47 Å². The van der Waals surface area contributed by atoms with Gasteiger partial charge in [0.1, 0.15) is 6.54 Å². The number of nitrogens with zero attached hydrogens (tertiary/aromatic N) is 3. The molecule has 0 fully saturated rings. The van der Waals surface area contributed by atoms with Crippen LogP contribution in [0.3, 0.4) is 0 Å². The maximum atomic E-state index is 11.6. The maximum absolute atomic E-state index is 11.6. The van der Waals surface area contributed by atoms with Crippen molar-refractivity contribution >= 4 is 18.0 Å². The Balaban J connectivity index is 2.96. The van der Waals surface area contributed by atoms with E-state index in [1.54, 1.807) is 0 Å². The van der Waals surface area contributed by atoms with Crippen molar-refractivity contribution in [3.8, 4) is 0 Å². The predicted octanol–water partition coefficient (Wildman–Crippen LogP) is 0.0707. The van der Waals surface area contributed by atoms with Gasteiger partial charge in [-0.05, 0) is 5.92 Å². The van der Waals surface area contributed by atoms with E-state index in [4.69, 9.17) is 0 Å². The molecule has 0 aliphatic heterocycles. The zero-order chi connectivity index (χ0) is 15.3. The summed E-state index contributed by atoms with van der Waals surface area (Å²) < 4.78 is 10.1. The lowest BCUT2D eigenvalue weighted by molar-refractivity contribution is -0.121. The summed E-state index contributed by atoms with van der Waals surface area (Å²) in [6.45, 7) is 3.38. The molecule has 1 heterocycles. The van der Waals surface area contributed by atoms with Gasteiger partial charge in [0.05, 0.1) is 19.9 Å². The van der Waals surface area contributed by atoms with E-state index in [1.165, 1.54) is 11.8 Å². The van der Waals surface area contributed by atoms with Crippen molar-refractivity contribution in [2.45, 2.75) is 26.3 Å². The van der Waals surface area contributed by atoms with Gasteiger partial charge in [-0.2, -0.15) is 0 Å². The first-order chi connectivity index (χ1) is 9.40. The molecule has 0 saturated carbocycles. The molecule has 9 nitrogen and oxygen atoms in total. The molecule has 0 saturated heterocycles. The number of carbonyl (C=O) groups excluding carboxylic acids is 3. The first-order valence-corrected chi connectivity index (χ1v) is 5.80. The fraction of sp³-hybridized carbons (Fsp3) is 0.545. The number of amides is 2. The Bertz CT molecular complexity index is 523. The molecule has 110 valence electrons. The number of alkyl carbamates (subject to hydrolysis) is 1. The number of nitrogens with one attached hydrogen (secondary N) is 1. The van der Waals surface area contributed by atoms with Gasteiger partial charge in [-0.3, -0.25) is 10.1 Å². The second kappa shape index (κ2) is 6.64. The van der Waals surface area contributed by atoms with Gasteiger partial charge in [-0.25, -0.2) is 14.3 Å². The molecule has 0 spiro atoms. The first kappa shape index (κ1) is 15.6. The summed E-state index contributed by atoms with van der Waals surface area (Å²) in [5.41, 5.74) is 0.505. The highest BCUT2D eigenvalue weighted by Gasteiger charge is 2.24. The van der Waals surface area contributed by atoms with Crippen molar-refractivity contribution in [2.75, 3.05) is 14.2 Å².